The largest absolute Gasteiger partial charge is 0.595 e. The molecule has 0 heterocycles. The molecule has 4 atom stereocenters. The van der Waals surface area contributed by atoms with Crippen LogP contribution in [0.5, 0.6) is 5.75 Å². The van der Waals surface area contributed by atoms with Crippen LogP contribution in [-0.2, 0) is 9.47 Å². The van der Waals surface area contributed by atoms with E-state index in [1.165, 1.54) is 6.07 Å². The van der Waals surface area contributed by atoms with Crippen LogP contribution in [0.2, 0.25) is 0 Å². The number of quaternary nitrogens is 1. The summed E-state index contributed by atoms with van der Waals surface area (Å²) in [4.78, 5) is 0. The molecule has 1 saturated carbocycles. The van der Waals surface area contributed by atoms with Crippen LogP contribution in [0.15, 0.2) is 18.2 Å². The number of hydrogen-bond donors (Lipinski definition) is 2. The maximum absolute atomic E-state index is 13.2. The standard InChI is InChI=1S/C13H18FNO5/c1-18-12-6-9(7-13(12)19-2)20-11-5-8(14)3-4-10(11)15(16)17/h3-5,9,12-13,15-16H,6-7H2,1-2H3/t9?,12-,13+. The summed E-state index contributed by atoms with van der Waals surface area (Å²) in [6.07, 6.45) is 0.679. The van der Waals surface area contributed by atoms with Crippen molar-refractivity contribution in [1.82, 2.24) is 0 Å². The van der Waals surface area contributed by atoms with Crippen LogP contribution >= 0.6 is 0 Å². The van der Waals surface area contributed by atoms with Crippen LogP contribution in [0, 0.1) is 11.0 Å². The molecule has 0 saturated heterocycles. The first-order valence-corrected chi connectivity index (χ1v) is 6.30. The highest BCUT2D eigenvalue weighted by Gasteiger charge is 2.36. The Morgan fingerprint density at radius 2 is 1.85 bits per heavy atom. The molecule has 20 heavy (non-hydrogen) atoms. The minimum absolute atomic E-state index is 0.0362. The van der Waals surface area contributed by atoms with Crippen LogP contribution < -0.4 is 9.96 Å². The molecule has 2 unspecified atom stereocenters. The number of benzene rings is 1. The average Bonchev–Trinajstić information content (AvgIpc) is 2.80. The lowest BCUT2D eigenvalue weighted by Gasteiger charge is -2.19. The second-order valence-corrected chi connectivity index (χ2v) is 4.71. The summed E-state index contributed by atoms with van der Waals surface area (Å²) in [6.45, 7) is 0. The highest BCUT2D eigenvalue weighted by atomic mass is 19.1. The molecular formula is C13H18FNO5. The maximum atomic E-state index is 13.2. The van der Waals surface area contributed by atoms with E-state index in [0.717, 1.165) is 12.1 Å². The smallest absolute Gasteiger partial charge is 0.206 e. The van der Waals surface area contributed by atoms with Gasteiger partial charge in [-0.2, -0.15) is 5.23 Å². The summed E-state index contributed by atoms with van der Waals surface area (Å²) in [5.41, 5.74) is -0.0544. The van der Waals surface area contributed by atoms with Crippen molar-refractivity contribution in [3.05, 3.63) is 29.2 Å². The van der Waals surface area contributed by atoms with Gasteiger partial charge < -0.3 is 19.4 Å². The van der Waals surface area contributed by atoms with Gasteiger partial charge in [0.1, 0.15) is 11.9 Å². The number of methoxy groups -OCH3 is 2. The average molecular weight is 287 g/mol. The van der Waals surface area contributed by atoms with Crippen molar-refractivity contribution in [1.29, 1.82) is 0 Å². The zero-order chi connectivity index (χ0) is 14.7. The molecule has 1 aliphatic carbocycles. The number of halogens is 1. The molecule has 1 aliphatic rings. The molecule has 1 aromatic carbocycles. The minimum atomic E-state index is -1.15. The van der Waals surface area contributed by atoms with Crippen LogP contribution in [0.1, 0.15) is 12.8 Å². The van der Waals surface area contributed by atoms with Gasteiger partial charge in [0.2, 0.25) is 5.69 Å². The quantitative estimate of drug-likeness (QED) is 0.784. The fourth-order valence-corrected chi connectivity index (χ4v) is 2.46. The fourth-order valence-electron chi connectivity index (χ4n) is 2.46. The summed E-state index contributed by atoms with van der Waals surface area (Å²) < 4.78 is 29.5. The lowest BCUT2D eigenvalue weighted by Crippen LogP contribution is -2.99. The first-order valence-electron chi connectivity index (χ1n) is 6.30. The Bertz CT molecular complexity index is 444. The predicted octanol–water partition coefficient (Wildman–Crippen LogP) is 0.800. The molecule has 2 rings (SSSR count). The fraction of sp³-hybridized carbons (Fsp3) is 0.538. The van der Waals surface area contributed by atoms with Crippen molar-refractivity contribution in [3.8, 4) is 5.75 Å². The number of ether oxygens (including phenoxy) is 3. The normalized spacial score (nSPS) is 27.6. The first kappa shape index (κ1) is 15.1. The molecular weight excluding hydrogens is 269 g/mol. The van der Waals surface area contributed by atoms with Gasteiger partial charge in [0.25, 0.3) is 0 Å². The van der Waals surface area contributed by atoms with Crippen LogP contribution in [0.25, 0.3) is 0 Å². The Morgan fingerprint density at radius 1 is 1.25 bits per heavy atom. The van der Waals surface area contributed by atoms with E-state index in [0.29, 0.717) is 12.8 Å². The van der Waals surface area contributed by atoms with E-state index >= 15 is 0 Å². The van der Waals surface area contributed by atoms with Crippen molar-refractivity contribution in [2.24, 2.45) is 0 Å². The number of rotatable bonds is 5. The topological polar surface area (TPSA) is 75.4 Å². The Morgan fingerprint density at radius 3 is 2.35 bits per heavy atom. The van der Waals surface area contributed by atoms with Gasteiger partial charge in [-0.3, -0.25) is 0 Å². The predicted molar refractivity (Wildman–Crippen MR) is 67.4 cm³/mol. The lowest BCUT2D eigenvalue weighted by molar-refractivity contribution is -0.991. The maximum Gasteiger partial charge on any atom is 0.206 e. The van der Waals surface area contributed by atoms with Crippen molar-refractivity contribution < 1.29 is 29.0 Å². The van der Waals surface area contributed by atoms with Crippen molar-refractivity contribution in [2.45, 2.75) is 31.2 Å². The Kier molecular flexibility index (Phi) is 4.90. The molecule has 0 aromatic heterocycles. The molecule has 1 fully saturated rings. The van der Waals surface area contributed by atoms with Gasteiger partial charge in [-0.25, -0.2) is 9.60 Å². The van der Waals surface area contributed by atoms with Crippen LogP contribution in [-0.4, -0.2) is 37.7 Å². The Labute approximate surface area is 116 Å². The SMILES string of the molecule is CO[C@H]1CC(Oc2cc(F)ccc2[NH+]([O-])O)C[C@H]1OC. The van der Waals surface area contributed by atoms with E-state index < -0.39 is 11.0 Å². The summed E-state index contributed by atoms with van der Waals surface area (Å²) in [5.74, 6) is -0.497. The van der Waals surface area contributed by atoms with Gasteiger partial charge in [0.05, 0.1) is 12.2 Å². The van der Waals surface area contributed by atoms with Crippen molar-refractivity contribution in [2.75, 3.05) is 14.2 Å². The molecule has 0 bridgehead atoms. The Balaban J connectivity index is 2.12. The zero-order valence-electron chi connectivity index (χ0n) is 11.3. The molecule has 0 spiro atoms. The van der Waals surface area contributed by atoms with Gasteiger partial charge >= 0.3 is 0 Å². The first-order chi connectivity index (χ1) is 9.55. The monoisotopic (exact) mass is 287 g/mol. The van der Waals surface area contributed by atoms with Crippen LogP contribution in [0.3, 0.4) is 0 Å². The lowest BCUT2D eigenvalue weighted by atomic mass is 10.2. The number of hydrogen-bond acceptors (Lipinski definition) is 5. The summed E-state index contributed by atoms with van der Waals surface area (Å²) in [5, 5.41) is 19.0. The molecule has 112 valence electrons. The second kappa shape index (κ2) is 6.47. The van der Waals surface area contributed by atoms with Gasteiger partial charge in [-0.15, -0.1) is 0 Å². The third kappa shape index (κ3) is 3.25. The van der Waals surface area contributed by atoms with E-state index in [2.05, 4.69) is 0 Å². The van der Waals surface area contributed by atoms with E-state index in [1.807, 2.05) is 0 Å². The molecule has 1 aromatic rings. The van der Waals surface area contributed by atoms with E-state index in [9.17, 15) is 9.60 Å². The Hall–Kier alpha value is -1.25. The highest BCUT2D eigenvalue weighted by molar-refractivity contribution is 5.45. The van der Waals surface area contributed by atoms with Crippen molar-refractivity contribution >= 4 is 5.69 Å². The summed E-state index contributed by atoms with van der Waals surface area (Å²) in [7, 11) is 3.17. The van der Waals surface area contributed by atoms with Crippen molar-refractivity contribution in [3.63, 3.8) is 0 Å². The highest BCUT2D eigenvalue weighted by Crippen LogP contribution is 2.31. The third-order valence-corrected chi connectivity index (χ3v) is 3.48. The zero-order valence-corrected chi connectivity index (χ0v) is 11.3. The summed E-state index contributed by atoms with van der Waals surface area (Å²) in [6, 6.07) is 3.38. The van der Waals surface area contributed by atoms with Gasteiger partial charge in [-0.1, -0.05) is 0 Å². The number of nitrogens with one attached hydrogen (secondary N) is 1. The van der Waals surface area contributed by atoms with Crippen LogP contribution in [0.4, 0.5) is 10.1 Å². The molecule has 2 N–H and O–H groups in total. The van der Waals surface area contributed by atoms with E-state index in [1.54, 1.807) is 14.2 Å². The van der Waals surface area contributed by atoms with Gasteiger partial charge in [0, 0.05) is 39.2 Å². The van der Waals surface area contributed by atoms with Gasteiger partial charge in [-0.05, 0) is 6.07 Å². The molecule has 7 heteroatoms. The molecule has 0 aliphatic heterocycles. The molecule has 6 nitrogen and oxygen atoms in total. The molecule has 0 radical (unpaired) electrons. The summed E-state index contributed by atoms with van der Waals surface area (Å²) >= 11 is 0. The molecule has 0 amide bonds. The minimum Gasteiger partial charge on any atom is -0.595 e. The van der Waals surface area contributed by atoms with Gasteiger partial charge in [0.15, 0.2) is 5.75 Å². The second-order valence-electron chi connectivity index (χ2n) is 4.71. The van der Waals surface area contributed by atoms with E-state index in [-0.39, 0.29) is 29.7 Å². The van der Waals surface area contributed by atoms with E-state index in [4.69, 9.17) is 19.4 Å². The third-order valence-electron chi connectivity index (χ3n) is 3.48.